The van der Waals surface area contributed by atoms with Crippen LogP contribution in [0.25, 0.3) is 21.6 Å². The summed E-state index contributed by atoms with van der Waals surface area (Å²) in [7, 11) is 0. The minimum absolute atomic E-state index is 0.0892. The Morgan fingerprint density at radius 1 is 1.23 bits per heavy atom. The van der Waals surface area contributed by atoms with Crippen molar-refractivity contribution in [3.8, 4) is 10.6 Å². The molecule has 22 heavy (non-hydrogen) atoms. The third-order valence-electron chi connectivity index (χ3n) is 3.48. The highest BCUT2D eigenvalue weighted by Crippen LogP contribution is 2.39. The van der Waals surface area contributed by atoms with E-state index in [0.717, 1.165) is 15.8 Å². The minimum Gasteiger partial charge on any atom is -0.247 e. The van der Waals surface area contributed by atoms with E-state index in [1.807, 2.05) is 19.9 Å². The smallest absolute Gasteiger partial charge is 0.247 e. The van der Waals surface area contributed by atoms with Gasteiger partial charge in [-0.15, -0.1) is 11.3 Å². The molecule has 0 amide bonds. The molecule has 0 fully saturated rings. The molecule has 0 unspecified atom stereocenters. The first-order valence-electron chi connectivity index (χ1n) is 6.83. The lowest BCUT2D eigenvalue weighted by atomic mass is 10.1. The van der Waals surface area contributed by atoms with E-state index in [0.29, 0.717) is 17.9 Å². The average Bonchev–Trinajstić information content (AvgIpc) is 3.01. The van der Waals surface area contributed by atoms with Crippen molar-refractivity contribution in [2.75, 3.05) is 0 Å². The summed E-state index contributed by atoms with van der Waals surface area (Å²) in [6.45, 7) is 5.81. The van der Waals surface area contributed by atoms with Gasteiger partial charge in [-0.1, -0.05) is 0 Å². The maximum atomic E-state index is 13.5. The Hall–Kier alpha value is -1.89. The fourth-order valence-corrected chi connectivity index (χ4v) is 3.32. The lowest BCUT2D eigenvalue weighted by molar-refractivity contribution is -0.136. The molecular weight excluding hydrogens is 311 g/mol. The molecular formula is C15H14F3N3S. The third kappa shape index (κ3) is 2.39. The zero-order valence-electron chi connectivity index (χ0n) is 12.3. The van der Waals surface area contributed by atoms with E-state index in [2.05, 4.69) is 10.1 Å². The van der Waals surface area contributed by atoms with Gasteiger partial charge in [-0.3, -0.25) is 0 Å². The van der Waals surface area contributed by atoms with Gasteiger partial charge < -0.3 is 0 Å². The van der Waals surface area contributed by atoms with Crippen LogP contribution in [0, 0.1) is 13.8 Å². The van der Waals surface area contributed by atoms with Crippen LogP contribution in [-0.4, -0.2) is 14.8 Å². The molecule has 3 nitrogen and oxygen atoms in total. The summed E-state index contributed by atoms with van der Waals surface area (Å²) < 4.78 is 41.9. The van der Waals surface area contributed by atoms with Gasteiger partial charge in [-0.05, 0) is 39.0 Å². The number of aromatic nitrogens is 3. The average molecular weight is 325 g/mol. The van der Waals surface area contributed by atoms with E-state index in [1.165, 1.54) is 16.0 Å². The molecule has 0 aliphatic heterocycles. The molecule has 0 spiro atoms. The fourth-order valence-electron chi connectivity index (χ4n) is 2.50. The number of rotatable bonds is 2. The Morgan fingerprint density at radius 2 is 1.95 bits per heavy atom. The number of hydrogen-bond donors (Lipinski definition) is 0. The predicted molar refractivity (Wildman–Crippen MR) is 81.0 cm³/mol. The van der Waals surface area contributed by atoms with Crippen LogP contribution in [0.4, 0.5) is 13.2 Å². The molecule has 7 heteroatoms. The Labute approximate surface area is 129 Å². The molecule has 0 bridgehead atoms. The SMILES string of the molecule is CCn1nc(C)c2c(C(F)(F)F)cc(-c3ccc(C)s3)nc21. The molecule has 0 aromatic carbocycles. The molecule has 0 atom stereocenters. The van der Waals surface area contributed by atoms with Gasteiger partial charge in [0.2, 0.25) is 0 Å². The van der Waals surface area contributed by atoms with Crippen LogP contribution in [0.1, 0.15) is 23.1 Å². The number of halogens is 3. The molecule has 0 radical (unpaired) electrons. The molecule has 3 heterocycles. The van der Waals surface area contributed by atoms with E-state index >= 15 is 0 Å². The Balaban J connectivity index is 2.37. The van der Waals surface area contributed by atoms with Gasteiger partial charge in [0.25, 0.3) is 0 Å². The van der Waals surface area contributed by atoms with Gasteiger partial charge in [-0.2, -0.15) is 18.3 Å². The quantitative estimate of drug-likeness (QED) is 0.676. The lowest BCUT2D eigenvalue weighted by Crippen LogP contribution is -2.07. The van der Waals surface area contributed by atoms with Crippen LogP contribution < -0.4 is 0 Å². The lowest BCUT2D eigenvalue weighted by Gasteiger charge is -2.10. The molecule has 116 valence electrons. The fraction of sp³-hybridized carbons (Fsp3) is 0.333. The van der Waals surface area contributed by atoms with Gasteiger partial charge in [0.15, 0.2) is 5.65 Å². The Kier molecular flexibility index (Phi) is 3.47. The van der Waals surface area contributed by atoms with Gasteiger partial charge in [0, 0.05) is 11.4 Å². The van der Waals surface area contributed by atoms with E-state index in [9.17, 15) is 13.2 Å². The van der Waals surface area contributed by atoms with Crippen molar-refractivity contribution in [3.63, 3.8) is 0 Å². The van der Waals surface area contributed by atoms with E-state index in [4.69, 9.17) is 0 Å². The number of fused-ring (bicyclic) bond motifs is 1. The van der Waals surface area contributed by atoms with E-state index in [-0.39, 0.29) is 11.0 Å². The number of alkyl halides is 3. The van der Waals surface area contributed by atoms with E-state index in [1.54, 1.807) is 13.0 Å². The van der Waals surface area contributed by atoms with Gasteiger partial charge in [0.1, 0.15) is 0 Å². The Morgan fingerprint density at radius 3 is 2.50 bits per heavy atom. The summed E-state index contributed by atoms with van der Waals surface area (Å²) in [6.07, 6.45) is -4.44. The van der Waals surface area contributed by atoms with Crippen molar-refractivity contribution < 1.29 is 13.2 Å². The molecule has 0 N–H and O–H groups in total. The van der Waals surface area contributed by atoms with E-state index < -0.39 is 11.7 Å². The van der Waals surface area contributed by atoms with Crippen molar-refractivity contribution in [1.29, 1.82) is 0 Å². The van der Waals surface area contributed by atoms with Gasteiger partial charge in [0.05, 0.1) is 27.2 Å². The largest absolute Gasteiger partial charge is 0.417 e. The van der Waals surface area contributed by atoms with Crippen LogP contribution in [0.15, 0.2) is 18.2 Å². The van der Waals surface area contributed by atoms with Crippen LogP contribution in [-0.2, 0) is 12.7 Å². The molecule has 3 aromatic rings. The number of hydrogen-bond acceptors (Lipinski definition) is 3. The number of thiophene rings is 1. The predicted octanol–water partition coefficient (Wildman–Crippen LogP) is 4.82. The van der Waals surface area contributed by atoms with Crippen LogP contribution in [0.3, 0.4) is 0 Å². The zero-order chi connectivity index (χ0) is 16.1. The highest BCUT2D eigenvalue weighted by atomic mass is 32.1. The Bertz CT molecular complexity index is 846. The number of aryl methyl sites for hydroxylation is 3. The first-order valence-corrected chi connectivity index (χ1v) is 7.65. The standard InChI is InChI=1S/C15H14F3N3S/c1-4-21-14-13(9(3)20-21)10(15(16,17)18)7-11(19-14)12-6-5-8(2)22-12/h5-7H,4H2,1-3H3. The number of nitrogens with zero attached hydrogens (tertiary/aromatic N) is 3. The van der Waals surface area contributed by atoms with Gasteiger partial charge >= 0.3 is 6.18 Å². The summed E-state index contributed by atoms with van der Waals surface area (Å²) in [5.41, 5.74) is 0.310. The summed E-state index contributed by atoms with van der Waals surface area (Å²) >= 11 is 1.43. The van der Waals surface area contributed by atoms with Crippen molar-refractivity contribution in [2.45, 2.75) is 33.5 Å². The van der Waals surface area contributed by atoms with Crippen molar-refractivity contribution >= 4 is 22.4 Å². The van der Waals surface area contributed by atoms with Crippen molar-refractivity contribution in [3.05, 3.63) is 34.3 Å². The molecule has 3 rings (SSSR count). The second-order valence-electron chi connectivity index (χ2n) is 5.06. The van der Waals surface area contributed by atoms with Gasteiger partial charge in [-0.25, -0.2) is 9.67 Å². The molecule has 3 aromatic heterocycles. The monoisotopic (exact) mass is 325 g/mol. The molecule has 0 aliphatic rings. The second-order valence-corrected chi connectivity index (χ2v) is 6.35. The van der Waals surface area contributed by atoms with Crippen molar-refractivity contribution in [2.24, 2.45) is 0 Å². The molecule has 0 saturated heterocycles. The summed E-state index contributed by atoms with van der Waals surface area (Å²) in [6, 6.07) is 4.80. The zero-order valence-corrected chi connectivity index (χ0v) is 13.1. The molecule has 0 saturated carbocycles. The second kappa shape index (κ2) is 5.08. The highest BCUT2D eigenvalue weighted by molar-refractivity contribution is 7.15. The molecule has 0 aliphatic carbocycles. The first-order chi connectivity index (χ1) is 10.3. The summed E-state index contributed by atoms with van der Waals surface area (Å²) in [5.74, 6) is 0. The highest BCUT2D eigenvalue weighted by Gasteiger charge is 2.35. The number of pyridine rings is 1. The maximum absolute atomic E-state index is 13.5. The van der Waals surface area contributed by atoms with Crippen LogP contribution in [0.2, 0.25) is 0 Å². The van der Waals surface area contributed by atoms with Crippen LogP contribution in [0.5, 0.6) is 0 Å². The minimum atomic E-state index is -4.44. The maximum Gasteiger partial charge on any atom is 0.417 e. The summed E-state index contributed by atoms with van der Waals surface area (Å²) in [4.78, 5) is 6.20. The normalized spacial score (nSPS) is 12.3. The topological polar surface area (TPSA) is 30.7 Å². The van der Waals surface area contributed by atoms with Crippen LogP contribution >= 0.6 is 11.3 Å². The third-order valence-corrected chi connectivity index (χ3v) is 4.50. The first kappa shape index (κ1) is 15.0. The van der Waals surface area contributed by atoms with Crippen molar-refractivity contribution in [1.82, 2.24) is 14.8 Å². The summed E-state index contributed by atoms with van der Waals surface area (Å²) in [5, 5.41) is 4.27.